The highest BCUT2D eigenvalue weighted by molar-refractivity contribution is 7.85. The van der Waals surface area contributed by atoms with E-state index >= 15 is 0 Å². The van der Waals surface area contributed by atoms with Crippen LogP contribution in [-0.4, -0.2) is 27.8 Å². The minimum atomic E-state index is -4.83. The summed E-state index contributed by atoms with van der Waals surface area (Å²) in [7, 11) is -4.83. The van der Waals surface area contributed by atoms with Crippen LogP contribution in [0.15, 0.2) is 27.9 Å². The zero-order valence-corrected chi connectivity index (χ0v) is 10.7. The van der Waals surface area contributed by atoms with Crippen LogP contribution in [0.1, 0.15) is 0 Å². The normalized spacial score (nSPS) is 11.5. The molecular formula is C9H5N3O8S. The first-order chi connectivity index (χ1) is 9.61. The highest BCUT2D eigenvalue weighted by Gasteiger charge is 2.26. The van der Waals surface area contributed by atoms with E-state index in [1.807, 2.05) is 4.98 Å². The molecule has 1 aromatic heterocycles. The zero-order valence-electron chi connectivity index (χ0n) is 9.84. The number of rotatable bonds is 3. The van der Waals surface area contributed by atoms with E-state index in [4.69, 9.17) is 4.55 Å². The monoisotopic (exact) mass is 315 g/mol. The van der Waals surface area contributed by atoms with Gasteiger partial charge in [0.15, 0.2) is 4.90 Å². The van der Waals surface area contributed by atoms with Crippen LogP contribution in [0.3, 0.4) is 0 Å². The van der Waals surface area contributed by atoms with Gasteiger partial charge in [-0.15, -0.1) is 0 Å². The van der Waals surface area contributed by atoms with Crippen molar-refractivity contribution in [3.05, 3.63) is 48.8 Å². The number of pyridine rings is 1. The molecule has 1 aromatic carbocycles. The van der Waals surface area contributed by atoms with E-state index in [9.17, 15) is 33.4 Å². The number of H-pyrrole nitrogens is 1. The van der Waals surface area contributed by atoms with Crippen LogP contribution in [0.4, 0.5) is 11.4 Å². The number of benzene rings is 1. The fourth-order valence-corrected chi connectivity index (χ4v) is 2.26. The Morgan fingerprint density at radius 2 is 1.57 bits per heavy atom. The summed E-state index contributed by atoms with van der Waals surface area (Å²) in [5.74, 6) is 0. The fraction of sp³-hybridized carbons (Fsp3) is 0. The van der Waals surface area contributed by atoms with E-state index in [0.717, 1.165) is 12.1 Å². The van der Waals surface area contributed by atoms with Crippen molar-refractivity contribution in [2.45, 2.75) is 4.90 Å². The molecule has 0 fully saturated rings. The van der Waals surface area contributed by atoms with Crippen LogP contribution in [0, 0.1) is 20.2 Å². The number of nitrogens with one attached hydrogen (secondary N) is 1. The average Bonchev–Trinajstić information content (AvgIpc) is 2.34. The number of aromatic amines is 1. The number of hydrogen-bond donors (Lipinski definition) is 2. The van der Waals surface area contributed by atoms with Gasteiger partial charge in [0, 0.05) is 17.5 Å². The summed E-state index contributed by atoms with van der Waals surface area (Å²) in [4.78, 5) is 32.0. The lowest BCUT2D eigenvalue weighted by Crippen LogP contribution is -2.16. The third kappa shape index (κ3) is 2.56. The van der Waals surface area contributed by atoms with Gasteiger partial charge in [0.1, 0.15) is 0 Å². The molecule has 110 valence electrons. The van der Waals surface area contributed by atoms with E-state index in [1.165, 1.54) is 0 Å². The molecule has 21 heavy (non-hydrogen) atoms. The minimum Gasteiger partial charge on any atom is -0.320 e. The Hall–Kier alpha value is -2.86. The number of aromatic nitrogens is 1. The van der Waals surface area contributed by atoms with Gasteiger partial charge >= 0.3 is 11.4 Å². The lowest BCUT2D eigenvalue weighted by atomic mass is 10.1. The Morgan fingerprint density at radius 1 is 1.05 bits per heavy atom. The van der Waals surface area contributed by atoms with Gasteiger partial charge < -0.3 is 4.98 Å². The second kappa shape index (κ2) is 4.60. The lowest BCUT2D eigenvalue weighted by molar-refractivity contribution is -0.422. The third-order valence-corrected chi connectivity index (χ3v) is 3.44. The Labute approximate surface area is 114 Å². The Bertz CT molecular complexity index is 945. The van der Waals surface area contributed by atoms with Crippen molar-refractivity contribution in [2.75, 3.05) is 0 Å². The van der Waals surface area contributed by atoms with Crippen LogP contribution < -0.4 is 5.56 Å². The van der Waals surface area contributed by atoms with E-state index in [2.05, 4.69) is 0 Å². The molecule has 0 atom stereocenters. The van der Waals surface area contributed by atoms with Gasteiger partial charge in [0.25, 0.3) is 15.7 Å². The second-order valence-corrected chi connectivity index (χ2v) is 5.27. The standard InChI is InChI=1S/C9H5N3O8S/c13-9-8(21(18,19)20)2-4-1-6(11(14)15)7(12(16)17)3-5(4)10-9/h1-3H,(H,10,13)(H,18,19,20). The van der Waals surface area contributed by atoms with Crippen LogP contribution in [0.2, 0.25) is 0 Å². The lowest BCUT2D eigenvalue weighted by Gasteiger charge is -2.02. The molecule has 0 aliphatic rings. The van der Waals surface area contributed by atoms with Gasteiger partial charge in [-0.2, -0.15) is 8.42 Å². The summed E-state index contributed by atoms with van der Waals surface area (Å²) < 4.78 is 30.8. The summed E-state index contributed by atoms with van der Waals surface area (Å²) in [6.45, 7) is 0. The highest BCUT2D eigenvalue weighted by atomic mass is 32.2. The largest absolute Gasteiger partial charge is 0.348 e. The topological polar surface area (TPSA) is 174 Å². The molecule has 11 nitrogen and oxygen atoms in total. The molecule has 0 amide bonds. The number of nitro benzene ring substituents is 2. The molecule has 0 unspecified atom stereocenters. The number of nitro groups is 2. The van der Waals surface area contributed by atoms with E-state index in [-0.39, 0.29) is 10.9 Å². The number of hydrogen-bond acceptors (Lipinski definition) is 7. The molecule has 0 bridgehead atoms. The number of nitrogens with zero attached hydrogens (tertiary/aromatic N) is 2. The SMILES string of the molecule is O=c1[nH]c2cc([N+](=O)[O-])c([N+](=O)[O-])cc2cc1S(=O)(=O)O. The Kier molecular flexibility index (Phi) is 3.19. The summed E-state index contributed by atoms with van der Waals surface area (Å²) in [6, 6.07) is 2.17. The first kappa shape index (κ1) is 14.5. The van der Waals surface area contributed by atoms with Crippen molar-refractivity contribution >= 4 is 32.4 Å². The molecule has 2 N–H and O–H groups in total. The molecule has 1 heterocycles. The van der Waals surface area contributed by atoms with Gasteiger partial charge in [-0.25, -0.2) is 0 Å². The number of fused-ring (bicyclic) bond motifs is 1. The van der Waals surface area contributed by atoms with Gasteiger partial charge in [-0.3, -0.25) is 29.6 Å². The average molecular weight is 315 g/mol. The van der Waals surface area contributed by atoms with Gasteiger partial charge in [0.05, 0.1) is 15.4 Å². The molecule has 2 rings (SSSR count). The minimum absolute atomic E-state index is 0.153. The summed E-state index contributed by atoms with van der Waals surface area (Å²) in [6.07, 6.45) is 0. The first-order valence-corrected chi connectivity index (χ1v) is 6.52. The molecule has 0 radical (unpaired) electrons. The molecule has 12 heteroatoms. The molecule has 0 aliphatic heterocycles. The summed E-state index contributed by atoms with van der Waals surface area (Å²) in [5.41, 5.74) is -3.11. The molecule has 0 spiro atoms. The third-order valence-electron chi connectivity index (χ3n) is 2.58. The molecule has 0 saturated carbocycles. The van der Waals surface area contributed by atoms with Gasteiger partial charge in [-0.1, -0.05) is 0 Å². The summed E-state index contributed by atoms with van der Waals surface area (Å²) >= 11 is 0. The van der Waals surface area contributed by atoms with E-state index in [0.29, 0.717) is 6.07 Å². The van der Waals surface area contributed by atoms with Crippen molar-refractivity contribution in [3.63, 3.8) is 0 Å². The molecule has 0 aliphatic carbocycles. The molecule has 2 aromatic rings. The van der Waals surface area contributed by atoms with Crippen molar-refractivity contribution in [3.8, 4) is 0 Å². The zero-order chi connectivity index (χ0) is 15.9. The van der Waals surface area contributed by atoms with Crippen LogP contribution in [0.5, 0.6) is 0 Å². The maximum Gasteiger partial charge on any atom is 0.348 e. The second-order valence-electron chi connectivity index (χ2n) is 3.88. The van der Waals surface area contributed by atoms with Crippen molar-refractivity contribution in [1.29, 1.82) is 0 Å². The highest BCUT2D eigenvalue weighted by Crippen LogP contribution is 2.31. The summed E-state index contributed by atoms with van der Waals surface area (Å²) in [5, 5.41) is 21.4. The van der Waals surface area contributed by atoms with E-state index < -0.39 is 41.8 Å². The maximum absolute atomic E-state index is 11.5. The first-order valence-electron chi connectivity index (χ1n) is 5.08. The predicted octanol–water partition coefficient (Wildman–Crippen LogP) is 0.591. The predicted molar refractivity (Wildman–Crippen MR) is 67.7 cm³/mol. The smallest absolute Gasteiger partial charge is 0.320 e. The van der Waals surface area contributed by atoms with Crippen LogP contribution in [-0.2, 0) is 10.1 Å². The quantitative estimate of drug-likeness (QED) is 0.470. The maximum atomic E-state index is 11.5. The van der Waals surface area contributed by atoms with E-state index in [1.54, 1.807) is 0 Å². The molecular weight excluding hydrogens is 310 g/mol. The van der Waals surface area contributed by atoms with Crippen LogP contribution >= 0.6 is 0 Å². The fourth-order valence-electron chi connectivity index (χ4n) is 1.70. The van der Waals surface area contributed by atoms with Gasteiger partial charge in [-0.05, 0) is 6.07 Å². The Morgan fingerprint density at radius 3 is 2.05 bits per heavy atom. The van der Waals surface area contributed by atoms with Gasteiger partial charge in [0.2, 0.25) is 0 Å². The Balaban J connectivity index is 2.93. The van der Waals surface area contributed by atoms with Crippen molar-refractivity contribution < 1.29 is 22.8 Å². The van der Waals surface area contributed by atoms with Crippen molar-refractivity contribution in [2.24, 2.45) is 0 Å². The van der Waals surface area contributed by atoms with Crippen molar-refractivity contribution in [1.82, 2.24) is 4.98 Å². The molecule has 0 saturated heterocycles. The van der Waals surface area contributed by atoms with Crippen LogP contribution in [0.25, 0.3) is 10.9 Å².